The molecule has 17 heavy (non-hydrogen) atoms. The van der Waals surface area contributed by atoms with Gasteiger partial charge < -0.3 is 10.7 Å². The van der Waals surface area contributed by atoms with E-state index in [2.05, 4.69) is 44.1 Å². The monoisotopic (exact) mass is 293 g/mol. The molecule has 0 bridgehead atoms. The summed E-state index contributed by atoms with van der Waals surface area (Å²) in [5.74, 6) is 0.938. The highest BCUT2D eigenvalue weighted by molar-refractivity contribution is 9.10. The zero-order valence-corrected chi connectivity index (χ0v) is 11.4. The van der Waals surface area contributed by atoms with Crippen molar-refractivity contribution in [2.45, 2.75) is 26.3 Å². The molecule has 0 unspecified atom stereocenters. The molecule has 0 saturated carbocycles. The highest BCUT2D eigenvalue weighted by atomic mass is 79.9. The minimum Gasteiger partial charge on any atom is -0.345 e. The van der Waals surface area contributed by atoms with Crippen LogP contribution in [0.4, 0.5) is 0 Å². The number of benzene rings is 1. The quantitative estimate of drug-likeness (QED) is 0.911. The summed E-state index contributed by atoms with van der Waals surface area (Å²) in [4.78, 5) is 7.67. The third-order valence-electron chi connectivity index (χ3n) is 2.78. The topological polar surface area (TPSA) is 54.7 Å². The second kappa shape index (κ2) is 5.47. The van der Waals surface area contributed by atoms with Gasteiger partial charge in [-0.05, 0) is 31.4 Å². The van der Waals surface area contributed by atoms with E-state index in [1.54, 1.807) is 0 Å². The predicted molar refractivity (Wildman–Crippen MR) is 72.8 cm³/mol. The van der Waals surface area contributed by atoms with E-state index < -0.39 is 0 Å². The second-order valence-electron chi connectivity index (χ2n) is 4.04. The van der Waals surface area contributed by atoms with Crippen LogP contribution >= 0.6 is 15.9 Å². The molecule has 0 saturated heterocycles. The van der Waals surface area contributed by atoms with Crippen LogP contribution in [0.1, 0.15) is 22.8 Å². The Balaban J connectivity index is 2.09. The molecule has 0 spiro atoms. The Hall–Kier alpha value is -1.13. The number of H-pyrrole nitrogens is 1. The molecule has 0 atom stereocenters. The van der Waals surface area contributed by atoms with Gasteiger partial charge in [-0.2, -0.15) is 0 Å². The molecule has 0 amide bonds. The number of aromatic amines is 1. The molecule has 1 heterocycles. The molecule has 1 aromatic heterocycles. The third kappa shape index (κ3) is 2.96. The van der Waals surface area contributed by atoms with Crippen molar-refractivity contribution in [3.05, 3.63) is 51.5 Å². The number of imidazole rings is 1. The lowest BCUT2D eigenvalue weighted by atomic mass is 10.1. The maximum Gasteiger partial charge on any atom is 0.103 e. The summed E-state index contributed by atoms with van der Waals surface area (Å²) in [7, 11) is 0. The molecule has 90 valence electrons. The number of hydrogen-bond acceptors (Lipinski definition) is 2. The number of rotatable bonds is 4. The number of aryl methyl sites for hydroxylation is 3. The Morgan fingerprint density at radius 1 is 1.29 bits per heavy atom. The standard InChI is InChI=1S/C13H16BrN3/c1-9-16-12(13(8-15)17-9)7-6-10-4-2-3-5-11(10)14/h2-5H,6-8,15H2,1H3,(H,16,17). The van der Waals surface area contributed by atoms with Crippen molar-refractivity contribution in [2.75, 3.05) is 0 Å². The van der Waals surface area contributed by atoms with Gasteiger partial charge in [-0.3, -0.25) is 0 Å². The Bertz CT molecular complexity index is 505. The zero-order valence-electron chi connectivity index (χ0n) is 9.83. The summed E-state index contributed by atoms with van der Waals surface area (Å²) in [6.45, 7) is 2.48. The fourth-order valence-electron chi connectivity index (χ4n) is 1.92. The highest BCUT2D eigenvalue weighted by Crippen LogP contribution is 2.18. The lowest BCUT2D eigenvalue weighted by Crippen LogP contribution is -2.02. The van der Waals surface area contributed by atoms with Crippen molar-refractivity contribution in [3.8, 4) is 0 Å². The van der Waals surface area contributed by atoms with Crippen LogP contribution in [0.5, 0.6) is 0 Å². The summed E-state index contributed by atoms with van der Waals surface area (Å²) >= 11 is 3.56. The minimum atomic E-state index is 0.520. The number of nitrogens with two attached hydrogens (primary N) is 1. The third-order valence-corrected chi connectivity index (χ3v) is 3.55. The molecular formula is C13H16BrN3. The van der Waals surface area contributed by atoms with Gasteiger partial charge in [-0.1, -0.05) is 34.1 Å². The van der Waals surface area contributed by atoms with Crippen LogP contribution in [0.15, 0.2) is 28.7 Å². The SMILES string of the molecule is Cc1nc(CCc2ccccc2Br)c(CN)[nH]1. The molecule has 2 rings (SSSR count). The van der Waals surface area contributed by atoms with Crippen LogP contribution in [0.2, 0.25) is 0 Å². The predicted octanol–water partition coefficient (Wildman–Crippen LogP) is 2.72. The molecule has 3 nitrogen and oxygen atoms in total. The first-order chi connectivity index (χ1) is 8.20. The summed E-state index contributed by atoms with van der Waals surface area (Å²) in [6, 6.07) is 8.28. The van der Waals surface area contributed by atoms with Gasteiger partial charge in [0.25, 0.3) is 0 Å². The molecule has 2 aromatic rings. The van der Waals surface area contributed by atoms with E-state index >= 15 is 0 Å². The van der Waals surface area contributed by atoms with Gasteiger partial charge in [0.05, 0.1) is 11.4 Å². The molecule has 1 aromatic carbocycles. The lowest BCUT2D eigenvalue weighted by Gasteiger charge is -2.03. The fraction of sp³-hybridized carbons (Fsp3) is 0.308. The Morgan fingerprint density at radius 3 is 2.76 bits per heavy atom. The Kier molecular flexibility index (Phi) is 3.97. The average molecular weight is 294 g/mol. The van der Waals surface area contributed by atoms with E-state index in [1.807, 2.05) is 13.0 Å². The highest BCUT2D eigenvalue weighted by Gasteiger charge is 2.07. The molecule has 0 aliphatic heterocycles. The largest absolute Gasteiger partial charge is 0.345 e. The van der Waals surface area contributed by atoms with Gasteiger partial charge in [0.2, 0.25) is 0 Å². The molecule has 3 N–H and O–H groups in total. The minimum absolute atomic E-state index is 0.520. The van der Waals surface area contributed by atoms with Crippen LogP contribution in [0.25, 0.3) is 0 Å². The van der Waals surface area contributed by atoms with Crippen molar-refractivity contribution in [3.63, 3.8) is 0 Å². The van der Waals surface area contributed by atoms with E-state index in [0.717, 1.165) is 34.5 Å². The van der Waals surface area contributed by atoms with Crippen molar-refractivity contribution in [1.82, 2.24) is 9.97 Å². The van der Waals surface area contributed by atoms with Crippen molar-refractivity contribution >= 4 is 15.9 Å². The molecule has 0 radical (unpaired) electrons. The van der Waals surface area contributed by atoms with E-state index in [4.69, 9.17) is 5.73 Å². The summed E-state index contributed by atoms with van der Waals surface area (Å²) in [5, 5.41) is 0. The average Bonchev–Trinajstić information content (AvgIpc) is 2.69. The van der Waals surface area contributed by atoms with Crippen LogP contribution < -0.4 is 5.73 Å². The summed E-state index contributed by atoms with van der Waals surface area (Å²) in [5.41, 5.74) is 9.12. The molecule has 4 heteroatoms. The van der Waals surface area contributed by atoms with E-state index in [1.165, 1.54) is 5.56 Å². The van der Waals surface area contributed by atoms with Gasteiger partial charge >= 0.3 is 0 Å². The first-order valence-electron chi connectivity index (χ1n) is 5.68. The van der Waals surface area contributed by atoms with Gasteiger partial charge in [0.15, 0.2) is 0 Å². The smallest absolute Gasteiger partial charge is 0.103 e. The molecule has 0 aliphatic carbocycles. The number of nitrogens with zero attached hydrogens (tertiary/aromatic N) is 1. The summed E-state index contributed by atoms with van der Waals surface area (Å²) < 4.78 is 1.15. The zero-order chi connectivity index (χ0) is 12.3. The van der Waals surface area contributed by atoms with Gasteiger partial charge in [-0.15, -0.1) is 0 Å². The van der Waals surface area contributed by atoms with Crippen LogP contribution in [0.3, 0.4) is 0 Å². The second-order valence-corrected chi connectivity index (χ2v) is 4.90. The van der Waals surface area contributed by atoms with E-state index in [-0.39, 0.29) is 0 Å². The molecule has 0 aliphatic rings. The molecule has 0 fully saturated rings. The van der Waals surface area contributed by atoms with Crippen LogP contribution in [-0.4, -0.2) is 9.97 Å². The lowest BCUT2D eigenvalue weighted by molar-refractivity contribution is 0.882. The van der Waals surface area contributed by atoms with Crippen LogP contribution in [-0.2, 0) is 19.4 Å². The normalized spacial score (nSPS) is 10.8. The fourth-order valence-corrected chi connectivity index (χ4v) is 2.40. The van der Waals surface area contributed by atoms with Gasteiger partial charge in [-0.25, -0.2) is 4.98 Å². The van der Waals surface area contributed by atoms with Crippen molar-refractivity contribution < 1.29 is 0 Å². The number of nitrogens with one attached hydrogen (secondary N) is 1. The van der Waals surface area contributed by atoms with Gasteiger partial charge in [0.1, 0.15) is 5.82 Å². The first kappa shape index (κ1) is 12.3. The van der Waals surface area contributed by atoms with Crippen molar-refractivity contribution in [2.24, 2.45) is 5.73 Å². The van der Waals surface area contributed by atoms with E-state index in [9.17, 15) is 0 Å². The number of aromatic nitrogens is 2. The Morgan fingerprint density at radius 2 is 2.06 bits per heavy atom. The van der Waals surface area contributed by atoms with Crippen molar-refractivity contribution in [1.29, 1.82) is 0 Å². The first-order valence-corrected chi connectivity index (χ1v) is 6.48. The maximum absolute atomic E-state index is 5.68. The van der Waals surface area contributed by atoms with Crippen LogP contribution in [0, 0.1) is 6.92 Å². The Labute approximate surface area is 110 Å². The molecular weight excluding hydrogens is 278 g/mol. The van der Waals surface area contributed by atoms with E-state index in [0.29, 0.717) is 6.54 Å². The number of hydrogen-bond donors (Lipinski definition) is 2. The maximum atomic E-state index is 5.68. The van der Waals surface area contributed by atoms with Gasteiger partial charge in [0, 0.05) is 11.0 Å². The number of halogens is 1. The summed E-state index contributed by atoms with van der Waals surface area (Å²) in [6.07, 6.45) is 1.89.